The van der Waals surface area contributed by atoms with Crippen molar-refractivity contribution in [3.63, 3.8) is 0 Å². The summed E-state index contributed by atoms with van der Waals surface area (Å²) in [5, 5.41) is 0. The molecule has 2 aromatic rings. The zero-order chi connectivity index (χ0) is 20.3. The van der Waals surface area contributed by atoms with E-state index in [2.05, 4.69) is 0 Å². The van der Waals surface area contributed by atoms with Crippen LogP contribution >= 0.6 is 0 Å². The lowest BCUT2D eigenvalue weighted by Gasteiger charge is -2.30. The second kappa shape index (κ2) is 8.43. The number of amides is 1. The first-order chi connectivity index (χ1) is 13.3. The predicted molar refractivity (Wildman–Crippen MR) is 109 cm³/mol. The maximum absolute atomic E-state index is 13.0. The standard InChI is InChI=1S/C21H26N2O4S/c1-16-6-4-8-18(14-16)22(2)21(24)17-7-5-9-20(15-17)28(25,26)23-12-10-19(27-3)11-13-23/h4-9,14-15,19H,10-13H2,1-3H3. The number of carbonyl (C=O) groups is 1. The van der Waals surface area contributed by atoms with Crippen LogP contribution < -0.4 is 4.90 Å². The third-order valence-electron chi connectivity index (χ3n) is 5.15. The van der Waals surface area contributed by atoms with Crippen LogP contribution in [0, 0.1) is 6.92 Å². The summed E-state index contributed by atoms with van der Waals surface area (Å²) in [5.41, 5.74) is 2.16. The van der Waals surface area contributed by atoms with Crippen molar-refractivity contribution in [1.29, 1.82) is 0 Å². The second-order valence-corrected chi connectivity index (χ2v) is 9.01. The Balaban J connectivity index is 1.82. The summed E-state index contributed by atoms with van der Waals surface area (Å²) in [5.74, 6) is -0.249. The minimum absolute atomic E-state index is 0.0994. The number of carbonyl (C=O) groups excluding carboxylic acids is 1. The molecule has 1 fully saturated rings. The molecule has 1 amide bonds. The first kappa shape index (κ1) is 20.5. The third kappa shape index (κ3) is 4.27. The molecular formula is C21H26N2O4S. The number of rotatable bonds is 5. The van der Waals surface area contributed by atoms with E-state index in [1.807, 2.05) is 31.2 Å². The van der Waals surface area contributed by atoms with Crippen molar-refractivity contribution in [1.82, 2.24) is 4.31 Å². The highest BCUT2D eigenvalue weighted by Gasteiger charge is 2.30. The number of sulfonamides is 1. The molecule has 6 nitrogen and oxygen atoms in total. The Kier molecular flexibility index (Phi) is 6.17. The number of methoxy groups -OCH3 is 1. The normalized spacial score (nSPS) is 16.1. The molecule has 28 heavy (non-hydrogen) atoms. The van der Waals surface area contributed by atoms with Gasteiger partial charge in [0.1, 0.15) is 0 Å². The van der Waals surface area contributed by atoms with Gasteiger partial charge in [-0.2, -0.15) is 4.31 Å². The van der Waals surface area contributed by atoms with Gasteiger partial charge in [0, 0.05) is 38.5 Å². The van der Waals surface area contributed by atoms with Crippen LogP contribution in [0.3, 0.4) is 0 Å². The number of nitrogens with zero attached hydrogens (tertiary/aromatic N) is 2. The van der Waals surface area contributed by atoms with E-state index in [1.54, 1.807) is 32.4 Å². The Hall–Kier alpha value is -2.22. The van der Waals surface area contributed by atoms with Crippen LogP contribution in [0.15, 0.2) is 53.4 Å². The van der Waals surface area contributed by atoms with Crippen LogP contribution in [0.4, 0.5) is 5.69 Å². The average molecular weight is 403 g/mol. The van der Waals surface area contributed by atoms with Crippen molar-refractivity contribution in [3.05, 3.63) is 59.7 Å². The lowest BCUT2D eigenvalue weighted by Crippen LogP contribution is -2.40. The molecule has 0 aliphatic carbocycles. The third-order valence-corrected chi connectivity index (χ3v) is 7.04. The van der Waals surface area contributed by atoms with Gasteiger partial charge in [-0.3, -0.25) is 4.79 Å². The van der Waals surface area contributed by atoms with E-state index in [4.69, 9.17) is 4.74 Å². The molecule has 7 heteroatoms. The van der Waals surface area contributed by atoms with Gasteiger partial charge < -0.3 is 9.64 Å². The molecule has 0 N–H and O–H groups in total. The van der Waals surface area contributed by atoms with Crippen molar-refractivity contribution in [2.45, 2.75) is 30.8 Å². The molecule has 3 rings (SSSR count). The number of ether oxygens (including phenoxy) is 1. The number of hydrogen-bond donors (Lipinski definition) is 0. The predicted octanol–water partition coefficient (Wildman–Crippen LogP) is 3.07. The lowest BCUT2D eigenvalue weighted by molar-refractivity contribution is 0.0604. The molecule has 0 saturated carbocycles. The van der Waals surface area contributed by atoms with Gasteiger partial charge >= 0.3 is 0 Å². The van der Waals surface area contributed by atoms with E-state index in [0.717, 1.165) is 11.3 Å². The van der Waals surface area contributed by atoms with E-state index in [1.165, 1.54) is 15.3 Å². The summed E-state index contributed by atoms with van der Waals surface area (Å²) < 4.78 is 32.8. The maximum atomic E-state index is 13.0. The Morgan fingerprint density at radius 1 is 1.11 bits per heavy atom. The molecule has 0 unspecified atom stereocenters. The fourth-order valence-electron chi connectivity index (χ4n) is 3.39. The quantitative estimate of drug-likeness (QED) is 0.771. The smallest absolute Gasteiger partial charge is 0.258 e. The van der Waals surface area contributed by atoms with Gasteiger partial charge in [0.15, 0.2) is 0 Å². The van der Waals surface area contributed by atoms with Crippen molar-refractivity contribution < 1.29 is 17.9 Å². The van der Waals surface area contributed by atoms with Crippen LogP contribution in [0.25, 0.3) is 0 Å². The number of piperidine rings is 1. The van der Waals surface area contributed by atoms with E-state index in [0.29, 0.717) is 31.5 Å². The zero-order valence-corrected chi connectivity index (χ0v) is 17.3. The Labute approximate surface area is 166 Å². The monoisotopic (exact) mass is 402 g/mol. The first-order valence-electron chi connectivity index (χ1n) is 9.30. The molecule has 0 bridgehead atoms. The van der Waals surface area contributed by atoms with E-state index >= 15 is 0 Å². The molecule has 1 aliphatic rings. The van der Waals surface area contributed by atoms with Gasteiger partial charge in [-0.15, -0.1) is 0 Å². The Bertz CT molecular complexity index is 950. The average Bonchev–Trinajstić information content (AvgIpc) is 2.72. The van der Waals surface area contributed by atoms with Gasteiger partial charge in [0.2, 0.25) is 10.0 Å². The summed E-state index contributed by atoms with van der Waals surface area (Å²) in [4.78, 5) is 14.6. The summed E-state index contributed by atoms with van der Waals surface area (Å²) >= 11 is 0. The van der Waals surface area contributed by atoms with Crippen molar-refractivity contribution in [3.8, 4) is 0 Å². The van der Waals surface area contributed by atoms with Gasteiger partial charge in [0.05, 0.1) is 11.0 Å². The summed E-state index contributed by atoms with van der Waals surface area (Å²) in [7, 11) is -0.304. The number of anilines is 1. The SMILES string of the molecule is COC1CCN(S(=O)(=O)c2cccc(C(=O)N(C)c3cccc(C)c3)c2)CC1. The minimum Gasteiger partial charge on any atom is -0.381 e. The van der Waals surface area contributed by atoms with Crippen LogP contribution in [-0.4, -0.2) is 52.0 Å². The van der Waals surface area contributed by atoms with Gasteiger partial charge in [-0.05, 0) is 55.7 Å². The Morgan fingerprint density at radius 2 is 1.79 bits per heavy atom. The maximum Gasteiger partial charge on any atom is 0.258 e. The molecule has 150 valence electrons. The van der Waals surface area contributed by atoms with Crippen molar-refractivity contribution in [2.75, 3.05) is 32.1 Å². The number of hydrogen-bond acceptors (Lipinski definition) is 4. The van der Waals surface area contributed by atoms with E-state index in [-0.39, 0.29) is 16.9 Å². The molecule has 0 aromatic heterocycles. The Morgan fingerprint density at radius 3 is 2.43 bits per heavy atom. The summed E-state index contributed by atoms with van der Waals surface area (Å²) in [6, 6.07) is 13.9. The fourth-order valence-corrected chi connectivity index (χ4v) is 4.91. The highest BCUT2D eigenvalue weighted by atomic mass is 32.2. The van der Waals surface area contributed by atoms with Crippen LogP contribution in [0.1, 0.15) is 28.8 Å². The number of benzene rings is 2. The lowest BCUT2D eigenvalue weighted by atomic mass is 10.1. The molecule has 1 saturated heterocycles. The van der Waals surface area contributed by atoms with E-state index < -0.39 is 10.0 Å². The van der Waals surface area contributed by atoms with Crippen LogP contribution in [0.5, 0.6) is 0 Å². The number of aryl methyl sites for hydroxylation is 1. The first-order valence-corrected chi connectivity index (χ1v) is 10.7. The summed E-state index contributed by atoms with van der Waals surface area (Å²) in [6.07, 6.45) is 1.44. The highest BCUT2D eigenvalue weighted by Crippen LogP contribution is 2.24. The van der Waals surface area contributed by atoms with E-state index in [9.17, 15) is 13.2 Å². The van der Waals surface area contributed by atoms with Crippen LogP contribution in [-0.2, 0) is 14.8 Å². The molecule has 0 atom stereocenters. The molecule has 2 aromatic carbocycles. The topological polar surface area (TPSA) is 66.9 Å². The molecule has 0 radical (unpaired) electrons. The van der Waals surface area contributed by atoms with Crippen LogP contribution in [0.2, 0.25) is 0 Å². The minimum atomic E-state index is -3.64. The molecule has 0 spiro atoms. The van der Waals surface area contributed by atoms with Crippen molar-refractivity contribution in [2.24, 2.45) is 0 Å². The second-order valence-electron chi connectivity index (χ2n) is 7.07. The van der Waals surface area contributed by atoms with Gasteiger partial charge in [-0.1, -0.05) is 18.2 Å². The van der Waals surface area contributed by atoms with Gasteiger partial charge in [0.25, 0.3) is 5.91 Å². The fraction of sp³-hybridized carbons (Fsp3) is 0.381. The van der Waals surface area contributed by atoms with Gasteiger partial charge in [-0.25, -0.2) is 8.42 Å². The molecular weight excluding hydrogens is 376 g/mol. The highest BCUT2D eigenvalue weighted by molar-refractivity contribution is 7.89. The largest absolute Gasteiger partial charge is 0.381 e. The molecule has 1 heterocycles. The van der Waals surface area contributed by atoms with Crippen molar-refractivity contribution >= 4 is 21.6 Å². The summed E-state index contributed by atoms with van der Waals surface area (Å²) in [6.45, 7) is 2.80. The zero-order valence-electron chi connectivity index (χ0n) is 16.5. The molecule has 1 aliphatic heterocycles.